The Morgan fingerprint density at radius 3 is 2.56 bits per heavy atom. The normalized spacial score (nSPS) is 33.3. The third-order valence-electron chi connectivity index (χ3n) is 1.73. The Labute approximate surface area is 53.6 Å². The Bertz CT molecular complexity index is 116. The van der Waals surface area contributed by atoms with Gasteiger partial charge in [-0.05, 0) is 6.42 Å². The molecular weight excluding hydrogens is 120 g/mol. The van der Waals surface area contributed by atoms with Gasteiger partial charge in [-0.15, -0.1) is 0 Å². The Morgan fingerprint density at radius 2 is 2.44 bits per heavy atom. The molecule has 0 amide bonds. The zero-order valence-electron chi connectivity index (χ0n) is 5.39. The zero-order chi connectivity index (χ0) is 6.91. The minimum absolute atomic E-state index is 0.0464. The van der Waals surface area contributed by atoms with Crippen molar-refractivity contribution in [1.29, 1.82) is 0 Å². The number of hydrogen-bond donors (Lipinski definition) is 1. The summed E-state index contributed by atoms with van der Waals surface area (Å²) >= 11 is 0. The van der Waals surface area contributed by atoms with Crippen molar-refractivity contribution in [3.8, 4) is 0 Å². The fraction of sp³-hybridized carbons (Fsp3) is 0.833. The Balaban J connectivity index is 2.44. The summed E-state index contributed by atoms with van der Waals surface area (Å²) in [6.07, 6.45) is 1.08. The Kier molecular flexibility index (Phi) is 1.45. The molecule has 9 heavy (non-hydrogen) atoms. The molecule has 1 atom stereocenters. The van der Waals surface area contributed by atoms with Crippen LogP contribution in [0, 0.1) is 0 Å². The second kappa shape index (κ2) is 1.99. The van der Waals surface area contributed by atoms with Gasteiger partial charge in [0.2, 0.25) is 0 Å². The average Bonchev–Trinajstić information content (AvgIpc) is 1.81. The number of carbonyl (C=O) groups is 1. The second-order valence-electron chi connectivity index (χ2n) is 2.35. The lowest BCUT2D eigenvalue weighted by Crippen LogP contribution is -2.49. The smallest absolute Gasteiger partial charge is 0.310 e. The summed E-state index contributed by atoms with van der Waals surface area (Å²) in [5.41, 5.74) is -0.517. The van der Waals surface area contributed by atoms with Crippen molar-refractivity contribution in [3.05, 3.63) is 0 Å². The lowest BCUT2D eigenvalue weighted by Gasteiger charge is -2.37. The third-order valence-corrected chi connectivity index (χ3v) is 1.73. The van der Waals surface area contributed by atoms with Crippen LogP contribution in [0.3, 0.4) is 0 Å². The van der Waals surface area contributed by atoms with E-state index in [1.54, 1.807) is 0 Å². The van der Waals surface area contributed by atoms with Crippen molar-refractivity contribution in [2.75, 3.05) is 6.61 Å². The number of aliphatic hydroxyl groups is 1. The van der Waals surface area contributed by atoms with Crippen LogP contribution in [-0.2, 0) is 9.53 Å². The molecule has 0 aromatic rings. The number of ether oxygens (including phenoxy) is 1. The fourth-order valence-corrected chi connectivity index (χ4v) is 0.893. The molecule has 52 valence electrons. The lowest BCUT2D eigenvalue weighted by molar-refractivity contribution is -0.199. The average molecular weight is 130 g/mol. The van der Waals surface area contributed by atoms with Crippen LogP contribution in [0.5, 0.6) is 0 Å². The monoisotopic (exact) mass is 130 g/mol. The number of hydrogen-bond acceptors (Lipinski definition) is 3. The molecule has 1 fully saturated rings. The third kappa shape index (κ3) is 0.920. The molecule has 1 unspecified atom stereocenters. The van der Waals surface area contributed by atoms with Crippen molar-refractivity contribution < 1.29 is 14.6 Å². The van der Waals surface area contributed by atoms with Gasteiger partial charge in [-0.1, -0.05) is 6.92 Å². The first kappa shape index (κ1) is 6.55. The number of esters is 1. The highest BCUT2D eigenvalue weighted by Gasteiger charge is 2.43. The van der Waals surface area contributed by atoms with Gasteiger partial charge in [0.15, 0.2) is 0 Å². The summed E-state index contributed by atoms with van der Waals surface area (Å²) in [6, 6.07) is 0. The summed E-state index contributed by atoms with van der Waals surface area (Å²) < 4.78 is 4.74. The standard InChI is InChI=1S/C6H10O3/c1-2-6(4-7)3-5(8)9-6/h7H,2-4H2,1H3. The van der Waals surface area contributed by atoms with E-state index in [0.717, 1.165) is 0 Å². The molecule has 1 aliphatic heterocycles. The van der Waals surface area contributed by atoms with Gasteiger partial charge in [-0.25, -0.2) is 0 Å². The highest BCUT2D eigenvalue weighted by atomic mass is 16.6. The van der Waals surface area contributed by atoms with Crippen molar-refractivity contribution in [2.24, 2.45) is 0 Å². The molecule has 0 spiro atoms. The molecule has 1 aliphatic rings. The molecule has 1 rings (SSSR count). The van der Waals surface area contributed by atoms with E-state index in [1.807, 2.05) is 6.92 Å². The van der Waals surface area contributed by atoms with Crippen LogP contribution in [0.4, 0.5) is 0 Å². The summed E-state index contributed by atoms with van der Waals surface area (Å²) in [6.45, 7) is 1.85. The number of cyclic esters (lactones) is 1. The second-order valence-corrected chi connectivity index (χ2v) is 2.35. The summed E-state index contributed by atoms with van der Waals surface area (Å²) in [7, 11) is 0. The van der Waals surface area contributed by atoms with Crippen molar-refractivity contribution in [3.63, 3.8) is 0 Å². The zero-order valence-corrected chi connectivity index (χ0v) is 5.39. The highest BCUT2D eigenvalue weighted by Crippen LogP contribution is 2.29. The predicted molar refractivity (Wildman–Crippen MR) is 30.8 cm³/mol. The molecule has 0 bridgehead atoms. The molecular formula is C6H10O3. The Morgan fingerprint density at radius 1 is 1.89 bits per heavy atom. The van der Waals surface area contributed by atoms with Crippen molar-refractivity contribution >= 4 is 5.97 Å². The SMILES string of the molecule is CCC1(CO)CC(=O)O1. The van der Waals surface area contributed by atoms with E-state index in [2.05, 4.69) is 0 Å². The summed E-state index contributed by atoms with van der Waals surface area (Å²) in [4.78, 5) is 10.3. The fourth-order valence-electron chi connectivity index (χ4n) is 0.893. The number of aliphatic hydroxyl groups excluding tert-OH is 1. The van der Waals surface area contributed by atoms with Crippen LogP contribution in [0.1, 0.15) is 19.8 Å². The van der Waals surface area contributed by atoms with Crippen molar-refractivity contribution in [2.45, 2.75) is 25.4 Å². The van der Waals surface area contributed by atoms with Crippen LogP contribution in [-0.4, -0.2) is 23.3 Å². The largest absolute Gasteiger partial charge is 0.456 e. The predicted octanol–water partition coefficient (Wildman–Crippen LogP) is 0.0744. The molecule has 3 heteroatoms. The molecule has 3 nitrogen and oxygen atoms in total. The van der Waals surface area contributed by atoms with Gasteiger partial charge in [0.1, 0.15) is 5.60 Å². The molecule has 1 heterocycles. The van der Waals surface area contributed by atoms with Crippen LogP contribution in [0.2, 0.25) is 0 Å². The lowest BCUT2D eigenvalue weighted by atomic mass is 9.92. The summed E-state index contributed by atoms with van der Waals surface area (Å²) in [5, 5.41) is 8.68. The van der Waals surface area contributed by atoms with E-state index in [9.17, 15) is 4.79 Å². The first-order valence-electron chi connectivity index (χ1n) is 3.05. The molecule has 1 saturated heterocycles. The number of carbonyl (C=O) groups excluding carboxylic acids is 1. The summed E-state index contributed by atoms with van der Waals surface area (Å²) in [5.74, 6) is -0.203. The molecule has 1 N–H and O–H groups in total. The van der Waals surface area contributed by atoms with Gasteiger partial charge in [-0.2, -0.15) is 0 Å². The molecule has 0 aromatic heterocycles. The maximum Gasteiger partial charge on any atom is 0.310 e. The number of rotatable bonds is 2. The van der Waals surface area contributed by atoms with E-state index >= 15 is 0 Å². The van der Waals surface area contributed by atoms with E-state index < -0.39 is 5.60 Å². The van der Waals surface area contributed by atoms with Gasteiger partial charge >= 0.3 is 5.97 Å². The Hall–Kier alpha value is -0.570. The molecule has 0 aromatic carbocycles. The molecule has 0 saturated carbocycles. The van der Waals surface area contributed by atoms with Gasteiger partial charge in [0, 0.05) is 0 Å². The molecule has 0 aliphatic carbocycles. The van der Waals surface area contributed by atoms with Gasteiger partial charge in [0.05, 0.1) is 13.0 Å². The molecule has 0 radical (unpaired) electrons. The maximum atomic E-state index is 10.3. The quantitative estimate of drug-likeness (QED) is 0.538. The van der Waals surface area contributed by atoms with Crippen LogP contribution in [0.15, 0.2) is 0 Å². The van der Waals surface area contributed by atoms with Crippen LogP contribution >= 0.6 is 0 Å². The first-order valence-corrected chi connectivity index (χ1v) is 3.05. The minimum atomic E-state index is -0.517. The minimum Gasteiger partial charge on any atom is -0.456 e. The highest BCUT2D eigenvalue weighted by molar-refractivity contribution is 5.76. The van der Waals surface area contributed by atoms with Crippen LogP contribution < -0.4 is 0 Å². The van der Waals surface area contributed by atoms with Crippen molar-refractivity contribution in [1.82, 2.24) is 0 Å². The maximum absolute atomic E-state index is 10.3. The van der Waals surface area contributed by atoms with E-state index in [-0.39, 0.29) is 12.6 Å². The van der Waals surface area contributed by atoms with E-state index in [0.29, 0.717) is 12.8 Å². The van der Waals surface area contributed by atoms with Gasteiger partial charge in [0.25, 0.3) is 0 Å². The van der Waals surface area contributed by atoms with Gasteiger partial charge < -0.3 is 9.84 Å². The van der Waals surface area contributed by atoms with E-state index in [1.165, 1.54) is 0 Å². The first-order chi connectivity index (χ1) is 4.22. The van der Waals surface area contributed by atoms with Gasteiger partial charge in [-0.3, -0.25) is 4.79 Å². The topological polar surface area (TPSA) is 46.5 Å². The van der Waals surface area contributed by atoms with Crippen LogP contribution in [0.25, 0.3) is 0 Å². The van der Waals surface area contributed by atoms with E-state index in [4.69, 9.17) is 9.84 Å².